The van der Waals surface area contributed by atoms with Gasteiger partial charge >= 0.3 is 27.1 Å². The lowest BCUT2D eigenvalue weighted by molar-refractivity contribution is -0.0519. The van der Waals surface area contributed by atoms with Gasteiger partial charge in [-0.25, -0.2) is 13.2 Å². The molecule has 2 saturated carbocycles. The zero-order valence-electron chi connectivity index (χ0n) is 36.9. The Kier molecular flexibility index (Phi) is 29.3. The molecule has 3 aliphatic rings. The van der Waals surface area contributed by atoms with E-state index in [1.165, 1.54) is 139 Å². The molecular formula is C45H68F6O8S5. The van der Waals surface area contributed by atoms with Crippen LogP contribution in [0.4, 0.5) is 26.3 Å². The van der Waals surface area contributed by atoms with Gasteiger partial charge < -0.3 is 9.66 Å². The summed E-state index contributed by atoms with van der Waals surface area (Å²) in [6.07, 6.45) is 27.4. The highest BCUT2D eigenvalue weighted by atomic mass is 32.2. The molecule has 2 aromatic rings. The van der Waals surface area contributed by atoms with E-state index in [1.807, 2.05) is 12.1 Å². The largest absolute Gasteiger partial charge is 0.741 e. The summed E-state index contributed by atoms with van der Waals surface area (Å²) in [6, 6.07) is 17.2. The van der Waals surface area contributed by atoms with E-state index in [0.29, 0.717) is 11.5 Å². The molecule has 8 nitrogen and oxygen atoms in total. The first-order valence-electron chi connectivity index (χ1n) is 22.2. The topological polar surface area (TPSA) is 149 Å². The number of halogens is 6. The van der Waals surface area contributed by atoms with Gasteiger partial charge in [0, 0.05) is 18.4 Å². The predicted octanol–water partition coefficient (Wildman–Crippen LogP) is 13.2. The van der Waals surface area contributed by atoms with Gasteiger partial charge in [0.2, 0.25) is 4.86 Å². The molecule has 1 heterocycles. The standard InChI is InChI=1S/C22H33S.C18H26O2.C3H8S2.2CHF3O3S/c1-2-3-4-7-18-9-11-19(12-10-18)20-13-15-21(16-14-20)22-8-5-6-17-23-22;1-2-3-4-5-14-6-8-15(9-7-14)16-10-12-17(13-11-16)18(19)20;4-2-1-3-5;2*2-1(3,4)8(5,6)7/h13-16,18-19H,2-12,17H2,1H3;10-15H,2-9H2,1H3,(H,19,20);4-5H,1-3H2;2*(H,5,6,7)/q+1;;;;/p-1. The summed E-state index contributed by atoms with van der Waals surface area (Å²) in [5.74, 6) is 5.82. The van der Waals surface area contributed by atoms with Crippen LogP contribution in [-0.2, 0) is 31.6 Å². The second-order valence-corrected chi connectivity index (χ2v) is 21.2. The van der Waals surface area contributed by atoms with Crippen LogP contribution in [0.5, 0.6) is 0 Å². The number of benzene rings is 2. The molecule has 2 fully saturated rings. The minimum Gasteiger partial charge on any atom is -0.741 e. The van der Waals surface area contributed by atoms with Crippen LogP contribution >= 0.6 is 25.3 Å². The summed E-state index contributed by atoms with van der Waals surface area (Å²) in [7, 11) is -11.9. The lowest BCUT2D eigenvalue weighted by Crippen LogP contribution is -2.21. The van der Waals surface area contributed by atoms with E-state index in [0.717, 1.165) is 35.7 Å². The van der Waals surface area contributed by atoms with Gasteiger partial charge in [-0.1, -0.05) is 89.5 Å². The number of thiol groups is 2. The van der Waals surface area contributed by atoms with Crippen LogP contribution in [0.25, 0.3) is 0 Å². The number of hydrogen-bond donors (Lipinski definition) is 4. The van der Waals surface area contributed by atoms with Crippen LogP contribution in [0, 0.1) is 11.8 Å². The fourth-order valence-corrected chi connectivity index (χ4v) is 9.48. The fourth-order valence-electron chi connectivity index (χ4n) is 7.73. The highest BCUT2D eigenvalue weighted by Gasteiger charge is 2.44. The second-order valence-electron chi connectivity index (χ2n) is 16.3. The maximum atomic E-state index is 10.9. The van der Waals surface area contributed by atoms with Crippen LogP contribution in [0.2, 0.25) is 0 Å². The fraction of sp³-hybridized carbons (Fsp3) is 0.689. The number of rotatable bonds is 14. The van der Waals surface area contributed by atoms with Crippen molar-refractivity contribution in [3.8, 4) is 0 Å². The quantitative estimate of drug-likeness (QED) is 0.0278. The Morgan fingerprint density at radius 2 is 1.06 bits per heavy atom. The molecule has 0 amide bonds. The highest BCUT2D eigenvalue weighted by molar-refractivity contribution is 7.86. The number of carboxylic acid groups (broad SMARTS) is 1. The molecule has 0 aromatic heterocycles. The highest BCUT2D eigenvalue weighted by Crippen LogP contribution is 2.39. The van der Waals surface area contributed by atoms with Crippen LogP contribution in [-0.4, -0.2) is 70.2 Å². The average Bonchev–Trinajstić information content (AvgIpc) is 3.25. The molecule has 0 atom stereocenters. The van der Waals surface area contributed by atoms with Crippen LogP contribution in [0.3, 0.4) is 0 Å². The van der Waals surface area contributed by atoms with Crippen molar-refractivity contribution in [1.82, 2.24) is 0 Å². The van der Waals surface area contributed by atoms with Crippen LogP contribution < -0.4 is 0 Å². The third-order valence-electron chi connectivity index (χ3n) is 11.4. The van der Waals surface area contributed by atoms with E-state index in [4.69, 9.17) is 31.0 Å². The molecule has 2 aromatic carbocycles. The summed E-state index contributed by atoms with van der Waals surface area (Å²) >= 11 is 9.99. The number of alkyl halides is 6. The number of aromatic carboxylic acids is 1. The van der Waals surface area contributed by atoms with Crippen molar-refractivity contribution in [2.24, 2.45) is 11.8 Å². The molecule has 1 aliphatic heterocycles. The van der Waals surface area contributed by atoms with E-state index >= 15 is 0 Å². The monoisotopic (exact) mass is 1010 g/mol. The third kappa shape index (κ3) is 24.7. The number of carbonyl (C=O) groups is 1. The van der Waals surface area contributed by atoms with E-state index in [2.05, 4.69) is 74.7 Å². The average molecular weight is 1010 g/mol. The molecule has 368 valence electrons. The number of unbranched alkanes of at least 4 members (excludes halogenated alkanes) is 4. The lowest BCUT2D eigenvalue weighted by Gasteiger charge is -2.29. The van der Waals surface area contributed by atoms with Gasteiger partial charge in [0.1, 0.15) is 0 Å². The van der Waals surface area contributed by atoms with Crippen molar-refractivity contribution in [2.45, 2.75) is 165 Å². The van der Waals surface area contributed by atoms with Crippen LogP contribution in [0.1, 0.15) is 181 Å². The molecule has 5 rings (SSSR count). The van der Waals surface area contributed by atoms with Gasteiger partial charge in [-0.05, 0) is 135 Å². The maximum Gasteiger partial charge on any atom is 0.522 e. The zero-order valence-corrected chi connectivity index (χ0v) is 41.2. The molecule has 64 heavy (non-hydrogen) atoms. The van der Waals surface area contributed by atoms with E-state index in [-0.39, 0.29) is 0 Å². The molecule has 0 unspecified atom stereocenters. The van der Waals surface area contributed by atoms with E-state index in [1.54, 1.807) is 22.6 Å². The lowest BCUT2D eigenvalue weighted by atomic mass is 9.77. The number of hydrogen-bond acceptors (Lipinski definition) is 8. The van der Waals surface area contributed by atoms with Gasteiger partial charge in [0.15, 0.2) is 27.2 Å². The molecule has 2 N–H and O–H groups in total. The zero-order chi connectivity index (χ0) is 48.4. The summed E-state index contributed by atoms with van der Waals surface area (Å²) in [5.41, 5.74) is -6.38. The first-order chi connectivity index (χ1) is 30.0. The van der Waals surface area contributed by atoms with Crippen molar-refractivity contribution in [1.29, 1.82) is 0 Å². The Morgan fingerprint density at radius 1 is 0.672 bits per heavy atom. The Morgan fingerprint density at radius 3 is 1.34 bits per heavy atom. The molecule has 19 heteroatoms. The Labute approximate surface area is 392 Å². The van der Waals surface area contributed by atoms with Gasteiger partial charge in [0.25, 0.3) is 0 Å². The van der Waals surface area contributed by atoms with E-state index in [9.17, 15) is 31.1 Å². The summed E-state index contributed by atoms with van der Waals surface area (Å²) in [4.78, 5) is 12.5. The van der Waals surface area contributed by atoms with Crippen molar-refractivity contribution in [3.63, 3.8) is 0 Å². The Balaban J connectivity index is 0.000000450. The first-order valence-corrected chi connectivity index (χ1v) is 27.3. The van der Waals surface area contributed by atoms with Gasteiger partial charge in [-0.3, -0.25) is 4.55 Å². The maximum absolute atomic E-state index is 10.9. The predicted molar refractivity (Wildman–Crippen MR) is 253 cm³/mol. The van der Waals surface area contributed by atoms with Crippen molar-refractivity contribution >= 4 is 67.7 Å². The molecule has 0 spiro atoms. The van der Waals surface area contributed by atoms with Gasteiger partial charge in [0.05, 0.1) is 5.56 Å². The van der Waals surface area contributed by atoms with Crippen LogP contribution in [0.15, 0.2) is 48.5 Å². The molecular weight excluding hydrogens is 943 g/mol. The van der Waals surface area contributed by atoms with E-state index < -0.39 is 37.2 Å². The Bertz CT molecular complexity index is 1780. The van der Waals surface area contributed by atoms with Crippen molar-refractivity contribution in [2.75, 3.05) is 17.3 Å². The smallest absolute Gasteiger partial charge is 0.522 e. The summed E-state index contributed by atoms with van der Waals surface area (Å²) < 4.78 is 116. The van der Waals surface area contributed by atoms with Crippen molar-refractivity contribution in [3.05, 3.63) is 70.8 Å². The van der Waals surface area contributed by atoms with Gasteiger partial charge in [-0.2, -0.15) is 60.0 Å². The van der Waals surface area contributed by atoms with Gasteiger partial charge in [-0.15, -0.1) is 0 Å². The summed E-state index contributed by atoms with van der Waals surface area (Å²) in [6.45, 7) is 4.57. The molecule has 2 aliphatic carbocycles. The Hall–Kier alpha value is -1.90. The van der Waals surface area contributed by atoms with Crippen molar-refractivity contribution < 1.29 is 62.2 Å². The SMILES string of the molecule is CCCCCC1CCC(c2ccc(C(=O)O)cc2)CC1.CCCCCC1CCC(c2ccc(C3=[S+]CCCC3)cc2)CC1.O=S(=O)(O)C(F)(F)F.O=S(=O)([O-])C(F)(F)F.SCCCS. The molecule has 0 radical (unpaired) electrons. The minimum atomic E-state index is -6.09. The molecule has 0 saturated heterocycles. The first kappa shape index (κ1) is 60.1. The number of carboxylic acids is 1. The third-order valence-corrected chi connectivity index (χ3v) is 14.5. The second kappa shape index (κ2) is 31.2. The minimum absolute atomic E-state index is 0.391. The molecule has 0 bridgehead atoms. The summed E-state index contributed by atoms with van der Waals surface area (Å²) in [5, 5.41) is 8.92. The normalized spacial score (nSPS) is 20.3.